The van der Waals surface area contributed by atoms with Crippen molar-refractivity contribution in [1.82, 2.24) is 4.57 Å². The molecule has 2 aromatic rings. The molecule has 0 aliphatic carbocycles. The van der Waals surface area contributed by atoms with Crippen LogP contribution in [0.1, 0.15) is 72.1 Å². The van der Waals surface area contributed by atoms with Crippen LogP contribution in [0.25, 0.3) is 10.9 Å². The van der Waals surface area contributed by atoms with Gasteiger partial charge in [-0.1, -0.05) is 64.5 Å². The van der Waals surface area contributed by atoms with E-state index < -0.39 is 0 Å². The quantitative estimate of drug-likeness (QED) is 0.408. The maximum atomic E-state index is 13.1. The lowest BCUT2D eigenvalue weighted by molar-refractivity contribution is 0.240. The van der Waals surface area contributed by atoms with Gasteiger partial charge >= 0.3 is 0 Å². The van der Waals surface area contributed by atoms with Crippen molar-refractivity contribution in [2.45, 2.75) is 78.7 Å². The molecular weight excluding hydrogens is 338 g/mol. The van der Waals surface area contributed by atoms with Gasteiger partial charge in [0.25, 0.3) is 0 Å². The number of aromatic nitrogens is 1. The molecule has 0 aliphatic rings. The van der Waals surface area contributed by atoms with Gasteiger partial charge in [-0.25, -0.2) is 0 Å². The normalized spacial score (nSPS) is 11.1. The molecule has 0 atom stereocenters. The summed E-state index contributed by atoms with van der Waals surface area (Å²) in [6, 6.07) is 7.72. The maximum Gasteiger partial charge on any atom is 0.241 e. The van der Waals surface area contributed by atoms with Gasteiger partial charge < -0.3 is 14.0 Å². The molecule has 0 saturated heterocycles. The molecule has 0 spiro atoms. The van der Waals surface area contributed by atoms with E-state index in [0.29, 0.717) is 30.2 Å². The third kappa shape index (κ3) is 5.75. The molecule has 0 saturated carbocycles. The number of rotatable bonds is 13. The van der Waals surface area contributed by atoms with E-state index in [1.807, 2.05) is 24.3 Å². The summed E-state index contributed by atoms with van der Waals surface area (Å²) >= 11 is 0. The van der Waals surface area contributed by atoms with E-state index in [0.717, 1.165) is 37.7 Å². The highest BCUT2D eigenvalue weighted by molar-refractivity contribution is 5.81. The first-order valence-electron chi connectivity index (χ1n) is 10.7. The molecule has 4 heteroatoms. The smallest absolute Gasteiger partial charge is 0.241 e. The molecule has 0 amide bonds. The van der Waals surface area contributed by atoms with Gasteiger partial charge in [-0.05, 0) is 31.9 Å². The fraction of sp³-hybridized carbons (Fsp3) is 0.609. The standard InChI is InChI=1S/C23H35NO3/c1-4-7-9-13-17-26-22-21(25)19-15-11-12-16-20(19)24(6-3)23(22)27-18-14-10-8-5-2/h11-12,15-16H,4-10,13-14,17-18H2,1-3H3. The maximum absolute atomic E-state index is 13.1. The number of ether oxygens (including phenoxy) is 2. The van der Waals surface area contributed by atoms with Crippen LogP contribution in [0.4, 0.5) is 0 Å². The number of hydrogen-bond acceptors (Lipinski definition) is 3. The minimum Gasteiger partial charge on any atom is -0.485 e. The van der Waals surface area contributed by atoms with Crippen molar-refractivity contribution in [2.75, 3.05) is 13.2 Å². The molecule has 0 N–H and O–H groups in total. The Balaban J connectivity index is 2.29. The van der Waals surface area contributed by atoms with Crippen LogP contribution >= 0.6 is 0 Å². The van der Waals surface area contributed by atoms with Crippen molar-refractivity contribution in [2.24, 2.45) is 0 Å². The Kier molecular flexibility index (Phi) is 9.23. The summed E-state index contributed by atoms with van der Waals surface area (Å²) in [6.45, 7) is 8.37. The van der Waals surface area contributed by atoms with Crippen LogP contribution < -0.4 is 14.9 Å². The van der Waals surface area contributed by atoms with Gasteiger partial charge in [-0.15, -0.1) is 0 Å². The van der Waals surface area contributed by atoms with E-state index in [-0.39, 0.29) is 5.43 Å². The third-order valence-corrected chi connectivity index (χ3v) is 4.88. The number of pyridine rings is 1. The number of hydrogen-bond donors (Lipinski definition) is 0. The van der Waals surface area contributed by atoms with Gasteiger partial charge in [-0.3, -0.25) is 4.79 Å². The molecule has 150 valence electrons. The SMILES string of the molecule is CCCCCCOc1c(OCCCCCC)n(CC)c2ccccc2c1=O. The van der Waals surface area contributed by atoms with Gasteiger partial charge in [0, 0.05) is 11.9 Å². The fourth-order valence-electron chi connectivity index (χ4n) is 3.34. The van der Waals surface area contributed by atoms with Crippen LogP contribution in [0.3, 0.4) is 0 Å². The molecule has 27 heavy (non-hydrogen) atoms. The second kappa shape index (κ2) is 11.7. The molecule has 0 aliphatic heterocycles. The summed E-state index contributed by atoms with van der Waals surface area (Å²) in [5.41, 5.74) is 0.848. The van der Waals surface area contributed by atoms with Gasteiger partial charge in [0.2, 0.25) is 17.1 Å². The van der Waals surface area contributed by atoms with Gasteiger partial charge in [-0.2, -0.15) is 0 Å². The fourth-order valence-corrected chi connectivity index (χ4v) is 3.34. The number of benzene rings is 1. The van der Waals surface area contributed by atoms with E-state index in [1.54, 1.807) is 0 Å². The zero-order valence-corrected chi connectivity index (χ0v) is 17.3. The Hall–Kier alpha value is -1.97. The lowest BCUT2D eigenvalue weighted by Gasteiger charge is -2.19. The first-order chi connectivity index (χ1) is 13.2. The summed E-state index contributed by atoms with van der Waals surface area (Å²) in [5, 5.41) is 0.696. The zero-order valence-electron chi connectivity index (χ0n) is 17.3. The van der Waals surface area contributed by atoms with Crippen LogP contribution in [-0.4, -0.2) is 17.8 Å². The van der Waals surface area contributed by atoms with Crippen LogP contribution in [0.5, 0.6) is 11.6 Å². The molecule has 0 radical (unpaired) electrons. The van der Waals surface area contributed by atoms with E-state index in [9.17, 15) is 4.79 Å². The molecule has 0 bridgehead atoms. The molecule has 0 fully saturated rings. The summed E-state index contributed by atoms with van der Waals surface area (Å²) < 4.78 is 14.2. The Morgan fingerprint density at radius 2 is 1.44 bits per heavy atom. The monoisotopic (exact) mass is 373 g/mol. The molecule has 4 nitrogen and oxygen atoms in total. The van der Waals surface area contributed by atoms with Crippen molar-refractivity contribution in [3.63, 3.8) is 0 Å². The van der Waals surface area contributed by atoms with Gasteiger partial charge in [0.1, 0.15) is 0 Å². The number of aryl methyl sites for hydroxylation is 1. The van der Waals surface area contributed by atoms with Crippen molar-refractivity contribution in [3.05, 3.63) is 34.5 Å². The lowest BCUT2D eigenvalue weighted by Crippen LogP contribution is -2.18. The number of unbranched alkanes of at least 4 members (excludes halogenated alkanes) is 6. The van der Waals surface area contributed by atoms with Crippen molar-refractivity contribution in [1.29, 1.82) is 0 Å². The van der Waals surface area contributed by atoms with Crippen molar-refractivity contribution < 1.29 is 9.47 Å². The Morgan fingerprint density at radius 3 is 2.07 bits per heavy atom. The highest BCUT2D eigenvalue weighted by Gasteiger charge is 2.19. The predicted octanol–water partition coefficient (Wildman–Crippen LogP) is 5.94. The highest BCUT2D eigenvalue weighted by atomic mass is 16.5. The zero-order chi connectivity index (χ0) is 19.5. The van der Waals surface area contributed by atoms with Crippen LogP contribution in [0, 0.1) is 0 Å². The lowest BCUT2D eigenvalue weighted by atomic mass is 10.2. The second-order valence-electron chi connectivity index (χ2n) is 7.04. The summed E-state index contributed by atoms with van der Waals surface area (Å²) in [5.74, 6) is 0.968. The first-order valence-corrected chi connectivity index (χ1v) is 10.7. The van der Waals surface area contributed by atoms with E-state index >= 15 is 0 Å². The summed E-state index contributed by atoms with van der Waals surface area (Å²) in [6.07, 6.45) is 9.01. The molecule has 1 aromatic heterocycles. The van der Waals surface area contributed by atoms with Gasteiger partial charge in [0.05, 0.1) is 18.7 Å². The summed E-state index contributed by atoms with van der Waals surface area (Å²) in [4.78, 5) is 13.1. The van der Waals surface area contributed by atoms with Crippen LogP contribution in [-0.2, 0) is 6.54 Å². The molecular formula is C23H35NO3. The minimum absolute atomic E-state index is 0.0608. The minimum atomic E-state index is -0.0608. The first kappa shape index (κ1) is 21.3. The van der Waals surface area contributed by atoms with E-state index in [4.69, 9.17) is 9.47 Å². The Bertz CT molecular complexity index is 751. The Labute approximate surface area is 163 Å². The molecule has 1 aromatic carbocycles. The predicted molar refractivity (Wildman–Crippen MR) is 113 cm³/mol. The van der Waals surface area contributed by atoms with Crippen LogP contribution in [0.2, 0.25) is 0 Å². The molecule has 1 heterocycles. The number of nitrogens with zero attached hydrogens (tertiary/aromatic N) is 1. The van der Waals surface area contributed by atoms with Crippen molar-refractivity contribution >= 4 is 10.9 Å². The number of fused-ring (bicyclic) bond motifs is 1. The largest absolute Gasteiger partial charge is 0.485 e. The average Bonchev–Trinajstić information content (AvgIpc) is 2.69. The Morgan fingerprint density at radius 1 is 0.815 bits per heavy atom. The van der Waals surface area contributed by atoms with Crippen molar-refractivity contribution in [3.8, 4) is 11.6 Å². The number of para-hydroxylation sites is 1. The molecule has 2 rings (SSSR count). The van der Waals surface area contributed by atoms with E-state index in [2.05, 4.69) is 25.3 Å². The van der Waals surface area contributed by atoms with Crippen LogP contribution in [0.15, 0.2) is 29.1 Å². The highest BCUT2D eigenvalue weighted by Crippen LogP contribution is 2.29. The topological polar surface area (TPSA) is 40.5 Å². The second-order valence-corrected chi connectivity index (χ2v) is 7.04. The average molecular weight is 374 g/mol. The van der Waals surface area contributed by atoms with Gasteiger partial charge in [0.15, 0.2) is 0 Å². The third-order valence-electron chi connectivity index (χ3n) is 4.88. The molecule has 0 unspecified atom stereocenters. The van der Waals surface area contributed by atoms with E-state index in [1.165, 1.54) is 25.7 Å². The summed E-state index contributed by atoms with van der Waals surface area (Å²) in [7, 11) is 0.